The van der Waals surface area contributed by atoms with Crippen molar-refractivity contribution in [2.24, 2.45) is 0 Å². The monoisotopic (exact) mass is 546 g/mol. The van der Waals surface area contributed by atoms with Crippen LogP contribution in [0.2, 0.25) is 0 Å². The molecule has 206 valence electrons. The minimum Gasteiger partial charge on any atom is -0.390 e. The molecule has 1 heterocycles. The number of nitrogens with zero attached hydrogens (tertiary/aromatic N) is 3. The molecule has 12 heteroatoms. The summed E-state index contributed by atoms with van der Waals surface area (Å²) in [4.78, 5) is 25.3. The van der Waals surface area contributed by atoms with Gasteiger partial charge in [-0.3, -0.25) is 19.8 Å². The molecule has 0 unspecified atom stereocenters. The van der Waals surface area contributed by atoms with Gasteiger partial charge in [0.25, 0.3) is 5.69 Å². The lowest BCUT2D eigenvalue weighted by atomic mass is 10.0. The Balaban J connectivity index is 1.50. The summed E-state index contributed by atoms with van der Waals surface area (Å²) in [6, 6.07) is 13.1. The van der Waals surface area contributed by atoms with Crippen LogP contribution in [0.25, 0.3) is 0 Å². The van der Waals surface area contributed by atoms with E-state index in [4.69, 9.17) is 4.74 Å². The molecule has 3 atom stereocenters. The van der Waals surface area contributed by atoms with Gasteiger partial charge in [0.1, 0.15) is 0 Å². The zero-order valence-corrected chi connectivity index (χ0v) is 22.1. The molecule has 2 aromatic rings. The maximum Gasteiger partial charge on any atom is 0.269 e. The highest BCUT2D eigenvalue weighted by molar-refractivity contribution is 7.89. The molecule has 0 radical (unpaired) electrons. The Morgan fingerprint density at radius 1 is 1.21 bits per heavy atom. The number of aliphatic hydroxyl groups is 1. The number of nitro benzene ring substituents is 1. The molecular formula is C26H34N4O7S. The third kappa shape index (κ3) is 7.35. The van der Waals surface area contributed by atoms with E-state index in [-0.39, 0.29) is 41.7 Å². The second kappa shape index (κ2) is 12.3. The molecule has 1 aliphatic heterocycles. The summed E-state index contributed by atoms with van der Waals surface area (Å²) in [5.74, 6) is -0.254. The molecule has 1 amide bonds. The van der Waals surface area contributed by atoms with Gasteiger partial charge in [-0.1, -0.05) is 30.3 Å². The molecule has 0 aromatic heterocycles. The summed E-state index contributed by atoms with van der Waals surface area (Å²) < 4.78 is 33.7. The second-order valence-corrected chi connectivity index (χ2v) is 11.8. The summed E-state index contributed by atoms with van der Waals surface area (Å²) in [5, 5.41) is 25.2. The van der Waals surface area contributed by atoms with Crippen molar-refractivity contribution in [2.75, 3.05) is 32.8 Å². The third-order valence-electron chi connectivity index (χ3n) is 6.78. The Labute approximate surface area is 222 Å². The van der Waals surface area contributed by atoms with E-state index in [0.29, 0.717) is 39.0 Å². The van der Waals surface area contributed by atoms with Crippen LogP contribution in [0, 0.1) is 10.1 Å². The summed E-state index contributed by atoms with van der Waals surface area (Å²) in [7, 11) is -4.02. The van der Waals surface area contributed by atoms with Crippen LogP contribution in [0.1, 0.15) is 25.3 Å². The largest absolute Gasteiger partial charge is 0.390 e. The molecule has 38 heavy (non-hydrogen) atoms. The van der Waals surface area contributed by atoms with Crippen molar-refractivity contribution in [3.05, 3.63) is 70.3 Å². The van der Waals surface area contributed by atoms with Crippen LogP contribution >= 0.6 is 0 Å². The van der Waals surface area contributed by atoms with Gasteiger partial charge in [0.15, 0.2) is 0 Å². The first-order chi connectivity index (χ1) is 18.1. The Morgan fingerprint density at radius 3 is 2.50 bits per heavy atom. The van der Waals surface area contributed by atoms with E-state index in [0.717, 1.165) is 17.7 Å². The van der Waals surface area contributed by atoms with Crippen LogP contribution in [0.15, 0.2) is 59.5 Å². The fourth-order valence-electron chi connectivity index (χ4n) is 4.63. The van der Waals surface area contributed by atoms with Gasteiger partial charge < -0.3 is 15.2 Å². The predicted molar refractivity (Wildman–Crippen MR) is 140 cm³/mol. The van der Waals surface area contributed by atoms with Gasteiger partial charge in [0.2, 0.25) is 15.9 Å². The number of hydrogen-bond donors (Lipinski definition) is 2. The number of rotatable bonds is 12. The van der Waals surface area contributed by atoms with Crippen molar-refractivity contribution in [3.63, 3.8) is 0 Å². The first-order valence-electron chi connectivity index (χ1n) is 12.7. The number of benzene rings is 2. The first kappa shape index (κ1) is 28.1. The average molecular weight is 547 g/mol. The molecule has 2 fully saturated rings. The lowest BCUT2D eigenvalue weighted by Gasteiger charge is -2.32. The number of sulfonamides is 1. The van der Waals surface area contributed by atoms with Crippen LogP contribution in [0.3, 0.4) is 0 Å². The van der Waals surface area contributed by atoms with Crippen LogP contribution in [0.5, 0.6) is 0 Å². The molecular weight excluding hydrogens is 512 g/mol. The summed E-state index contributed by atoms with van der Waals surface area (Å²) in [5.41, 5.74) is 0.690. The van der Waals surface area contributed by atoms with Crippen LogP contribution in [-0.4, -0.2) is 90.6 Å². The lowest BCUT2D eigenvalue weighted by molar-refractivity contribution is -0.384. The van der Waals surface area contributed by atoms with E-state index in [9.17, 15) is 28.4 Å². The number of carbonyl (C=O) groups excluding carboxylic acids is 1. The smallest absolute Gasteiger partial charge is 0.269 e. The minimum atomic E-state index is -4.02. The lowest BCUT2D eigenvalue weighted by Crippen LogP contribution is -2.53. The molecule has 1 saturated carbocycles. The van der Waals surface area contributed by atoms with Gasteiger partial charge >= 0.3 is 0 Å². The van der Waals surface area contributed by atoms with Crippen LogP contribution in [-0.2, 0) is 26.0 Å². The molecule has 2 aromatic carbocycles. The van der Waals surface area contributed by atoms with Crippen molar-refractivity contribution < 1.29 is 28.0 Å². The van der Waals surface area contributed by atoms with E-state index in [1.165, 1.54) is 16.4 Å². The maximum atomic E-state index is 13.5. The highest BCUT2D eigenvalue weighted by Gasteiger charge is 2.40. The Hall–Kier alpha value is -2.90. The molecule has 1 saturated heterocycles. The van der Waals surface area contributed by atoms with Crippen molar-refractivity contribution in [2.45, 2.75) is 55.4 Å². The van der Waals surface area contributed by atoms with E-state index in [2.05, 4.69) is 5.32 Å². The zero-order chi connectivity index (χ0) is 27.3. The molecule has 0 bridgehead atoms. The van der Waals surface area contributed by atoms with E-state index in [1.54, 1.807) is 0 Å². The SMILES string of the molecule is C[C@@H]1CN(CC(=O)N[C@@H](Cc2ccccc2)[C@H](O)CN(C2CC2)S(=O)(=O)c2ccc([N+](=O)[O-])cc2)CCO1. The van der Waals surface area contributed by atoms with Crippen molar-refractivity contribution in [3.8, 4) is 0 Å². The first-order valence-corrected chi connectivity index (χ1v) is 14.2. The van der Waals surface area contributed by atoms with Crippen molar-refractivity contribution in [1.82, 2.24) is 14.5 Å². The summed E-state index contributed by atoms with van der Waals surface area (Å²) in [6.45, 7) is 3.69. The molecule has 2 N–H and O–H groups in total. The van der Waals surface area contributed by atoms with Gasteiger partial charge in [0.05, 0.1) is 41.2 Å². The van der Waals surface area contributed by atoms with Gasteiger partial charge in [-0.2, -0.15) is 4.31 Å². The number of nitrogens with one attached hydrogen (secondary N) is 1. The van der Waals surface area contributed by atoms with E-state index < -0.39 is 27.1 Å². The van der Waals surface area contributed by atoms with Crippen LogP contribution in [0.4, 0.5) is 5.69 Å². The molecule has 1 aliphatic carbocycles. The van der Waals surface area contributed by atoms with Gasteiger partial charge in [-0.15, -0.1) is 0 Å². The number of carbonyl (C=O) groups is 1. The Morgan fingerprint density at radius 2 is 1.89 bits per heavy atom. The van der Waals surface area contributed by atoms with E-state index in [1.807, 2.05) is 42.2 Å². The number of amides is 1. The van der Waals surface area contributed by atoms with Gasteiger partial charge in [-0.25, -0.2) is 8.42 Å². The topological polar surface area (TPSA) is 142 Å². The minimum absolute atomic E-state index is 0.0268. The zero-order valence-electron chi connectivity index (χ0n) is 21.3. The number of aliphatic hydroxyl groups excluding tert-OH is 1. The quantitative estimate of drug-likeness (QED) is 0.302. The standard InChI is InChI=1S/C26H34N4O7S/c1-19-16-28(13-14-37-19)18-26(32)27-24(15-20-5-3-2-4-6-20)25(31)17-29(21-7-8-21)38(35,36)23-11-9-22(10-12-23)30(33)34/h2-6,9-12,19,21,24-25,31H,7-8,13-18H2,1H3,(H,27,32)/t19-,24+,25-/m1/s1. The number of ether oxygens (including phenoxy) is 1. The van der Waals surface area contributed by atoms with Crippen LogP contribution < -0.4 is 5.32 Å². The van der Waals surface area contributed by atoms with Crippen molar-refractivity contribution >= 4 is 21.6 Å². The highest BCUT2D eigenvalue weighted by Crippen LogP contribution is 2.33. The molecule has 4 rings (SSSR count). The van der Waals surface area contributed by atoms with E-state index >= 15 is 0 Å². The predicted octanol–water partition coefficient (Wildman–Crippen LogP) is 1.56. The van der Waals surface area contributed by atoms with Gasteiger partial charge in [0, 0.05) is 37.8 Å². The molecule has 2 aliphatic rings. The van der Waals surface area contributed by atoms with Crippen molar-refractivity contribution in [1.29, 1.82) is 0 Å². The second-order valence-electron chi connectivity index (χ2n) is 9.90. The summed E-state index contributed by atoms with van der Waals surface area (Å²) >= 11 is 0. The molecule has 11 nitrogen and oxygen atoms in total. The number of nitro groups is 1. The maximum absolute atomic E-state index is 13.5. The van der Waals surface area contributed by atoms with Gasteiger partial charge in [-0.05, 0) is 43.9 Å². The normalized spacial score (nSPS) is 20.1. The molecule has 0 spiro atoms. The third-order valence-corrected chi connectivity index (χ3v) is 8.71. The average Bonchev–Trinajstić information content (AvgIpc) is 3.72. The summed E-state index contributed by atoms with van der Waals surface area (Å²) in [6.07, 6.45) is 0.479. The number of non-ortho nitro benzene ring substituents is 1. The fourth-order valence-corrected chi connectivity index (χ4v) is 6.34. The Bertz CT molecular complexity index is 1210. The number of hydrogen-bond acceptors (Lipinski definition) is 8. The Kier molecular flexibility index (Phi) is 9.11. The number of morpholine rings is 1. The highest BCUT2D eigenvalue weighted by atomic mass is 32.2. The fraction of sp³-hybridized carbons (Fsp3) is 0.500.